The fraction of sp³-hybridized carbons (Fsp3) is 0.750. The van der Waals surface area contributed by atoms with Crippen LogP contribution in [0.4, 0.5) is 4.79 Å². The zero-order valence-electron chi connectivity index (χ0n) is 9.32. The van der Waals surface area contributed by atoms with Crippen LogP contribution in [-0.2, 0) is 4.74 Å². The van der Waals surface area contributed by atoms with Gasteiger partial charge in [-0.05, 0) is 38.0 Å². The Labute approximate surface area is 91.1 Å². The van der Waals surface area contributed by atoms with Gasteiger partial charge in [0.05, 0.1) is 7.11 Å². The van der Waals surface area contributed by atoms with Gasteiger partial charge >= 0.3 is 6.09 Å². The highest BCUT2D eigenvalue weighted by Crippen LogP contribution is 2.37. The molecule has 2 aliphatic heterocycles. The second-order valence-electron chi connectivity index (χ2n) is 4.58. The zero-order chi connectivity index (χ0) is 10.8. The Balaban J connectivity index is 2.13. The summed E-state index contributed by atoms with van der Waals surface area (Å²) >= 11 is 0. The van der Waals surface area contributed by atoms with Gasteiger partial charge in [-0.2, -0.15) is 0 Å². The maximum atomic E-state index is 11.7. The van der Waals surface area contributed by atoms with Gasteiger partial charge in [0, 0.05) is 12.1 Å². The van der Waals surface area contributed by atoms with Gasteiger partial charge in [0.2, 0.25) is 0 Å². The number of methoxy groups -OCH3 is 1. The summed E-state index contributed by atoms with van der Waals surface area (Å²) in [6.07, 6.45) is 7.51. The predicted molar refractivity (Wildman–Crippen MR) is 58.6 cm³/mol. The third kappa shape index (κ3) is 1.87. The van der Waals surface area contributed by atoms with E-state index in [1.807, 2.05) is 11.0 Å². The molecule has 2 bridgehead atoms. The molecular formula is C12H19NO2. The molecule has 1 amide bonds. The van der Waals surface area contributed by atoms with Crippen molar-refractivity contribution in [3.63, 3.8) is 0 Å². The second kappa shape index (κ2) is 4.25. The lowest BCUT2D eigenvalue weighted by molar-refractivity contribution is 0.0213. The Kier molecular flexibility index (Phi) is 2.98. The fourth-order valence-corrected chi connectivity index (χ4v) is 3.02. The molecule has 0 aromatic heterocycles. The third-order valence-corrected chi connectivity index (χ3v) is 3.73. The van der Waals surface area contributed by atoms with E-state index in [2.05, 4.69) is 6.58 Å². The van der Waals surface area contributed by atoms with E-state index in [4.69, 9.17) is 4.74 Å². The number of amides is 1. The first-order chi connectivity index (χ1) is 7.26. The number of carbonyl (C=O) groups is 1. The lowest BCUT2D eigenvalue weighted by Gasteiger charge is -2.47. The fourth-order valence-electron chi connectivity index (χ4n) is 3.02. The van der Waals surface area contributed by atoms with Crippen LogP contribution in [0, 0.1) is 5.92 Å². The molecule has 0 aromatic carbocycles. The number of fused-ring (bicyclic) bond motifs is 2. The number of carbonyl (C=O) groups excluding carboxylic acids is 1. The van der Waals surface area contributed by atoms with E-state index in [1.165, 1.54) is 13.5 Å². The summed E-state index contributed by atoms with van der Waals surface area (Å²) < 4.78 is 4.86. The number of ether oxygens (including phenoxy) is 1. The number of hydrogen-bond donors (Lipinski definition) is 0. The van der Waals surface area contributed by atoms with Crippen LogP contribution in [0.15, 0.2) is 12.7 Å². The van der Waals surface area contributed by atoms with E-state index < -0.39 is 0 Å². The second-order valence-corrected chi connectivity index (χ2v) is 4.58. The van der Waals surface area contributed by atoms with Crippen molar-refractivity contribution in [3.05, 3.63) is 12.7 Å². The van der Waals surface area contributed by atoms with Crippen LogP contribution in [0.1, 0.15) is 32.1 Å². The molecule has 3 heteroatoms. The minimum absolute atomic E-state index is 0.146. The zero-order valence-corrected chi connectivity index (χ0v) is 9.32. The molecule has 3 nitrogen and oxygen atoms in total. The van der Waals surface area contributed by atoms with E-state index >= 15 is 0 Å². The van der Waals surface area contributed by atoms with Crippen molar-refractivity contribution < 1.29 is 9.53 Å². The van der Waals surface area contributed by atoms with E-state index in [0.29, 0.717) is 18.0 Å². The average molecular weight is 209 g/mol. The van der Waals surface area contributed by atoms with Gasteiger partial charge in [0.15, 0.2) is 0 Å². The molecule has 2 fully saturated rings. The van der Waals surface area contributed by atoms with E-state index in [-0.39, 0.29) is 6.09 Å². The molecule has 0 radical (unpaired) electrons. The maximum absolute atomic E-state index is 11.7. The van der Waals surface area contributed by atoms with Crippen molar-refractivity contribution in [2.24, 2.45) is 5.92 Å². The van der Waals surface area contributed by atoms with Crippen molar-refractivity contribution in [2.75, 3.05) is 7.11 Å². The van der Waals surface area contributed by atoms with E-state index in [9.17, 15) is 4.79 Å². The van der Waals surface area contributed by atoms with Crippen LogP contribution >= 0.6 is 0 Å². The molecule has 0 aliphatic carbocycles. The molecule has 0 N–H and O–H groups in total. The Hall–Kier alpha value is -0.990. The monoisotopic (exact) mass is 209 g/mol. The van der Waals surface area contributed by atoms with Gasteiger partial charge in [-0.25, -0.2) is 4.79 Å². The first kappa shape index (κ1) is 10.5. The summed E-state index contributed by atoms with van der Waals surface area (Å²) in [5.41, 5.74) is 0. The van der Waals surface area contributed by atoms with Crippen LogP contribution in [0.5, 0.6) is 0 Å². The number of hydrogen-bond acceptors (Lipinski definition) is 2. The standard InChI is InChI=1S/C12H19NO2/c1-3-9-7-10-5-4-6-11(8-9)13(10)12(14)15-2/h3,9-11H,1,4-8H2,2H3/t9?,10-,11+. The Morgan fingerprint density at radius 3 is 2.47 bits per heavy atom. The van der Waals surface area contributed by atoms with Crippen LogP contribution in [0.25, 0.3) is 0 Å². The summed E-state index contributed by atoms with van der Waals surface area (Å²) in [5, 5.41) is 0. The van der Waals surface area contributed by atoms with Gasteiger partial charge in [-0.1, -0.05) is 6.08 Å². The molecule has 2 rings (SSSR count). The molecule has 2 aliphatic rings. The van der Waals surface area contributed by atoms with Gasteiger partial charge in [-0.3, -0.25) is 0 Å². The first-order valence-corrected chi connectivity index (χ1v) is 5.75. The summed E-state index contributed by atoms with van der Waals surface area (Å²) in [4.78, 5) is 13.6. The minimum Gasteiger partial charge on any atom is -0.453 e. The van der Waals surface area contributed by atoms with Crippen molar-refractivity contribution in [2.45, 2.75) is 44.2 Å². The predicted octanol–water partition coefficient (Wildman–Crippen LogP) is 2.57. The topological polar surface area (TPSA) is 29.5 Å². The van der Waals surface area contributed by atoms with Gasteiger partial charge in [-0.15, -0.1) is 6.58 Å². The van der Waals surface area contributed by atoms with Crippen molar-refractivity contribution >= 4 is 6.09 Å². The highest BCUT2D eigenvalue weighted by Gasteiger charge is 2.40. The summed E-state index contributed by atoms with van der Waals surface area (Å²) in [5.74, 6) is 0.584. The lowest BCUT2D eigenvalue weighted by Crippen LogP contribution is -2.54. The van der Waals surface area contributed by atoms with Gasteiger partial charge in [0.25, 0.3) is 0 Å². The van der Waals surface area contributed by atoms with Crippen molar-refractivity contribution in [3.8, 4) is 0 Å². The SMILES string of the molecule is C=CC1C[C@H]2CCC[C@@H](C1)N2C(=O)OC. The minimum atomic E-state index is -0.146. The molecular weight excluding hydrogens is 190 g/mol. The Morgan fingerprint density at radius 1 is 1.40 bits per heavy atom. The van der Waals surface area contributed by atoms with E-state index in [0.717, 1.165) is 25.7 Å². The number of rotatable bonds is 1. The van der Waals surface area contributed by atoms with Gasteiger partial charge < -0.3 is 9.64 Å². The average Bonchev–Trinajstić information content (AvgIpc) is 2.26. The third-order valence-electron chi connectivity index (χ3n) is 3.73. The van der Waals surface area contributed by atoms with Gasteiger partial charge in [0.1, 0.15) is 0 Å². The lowest BCUT2D eigenvalue weighted by atomic mass is 9.79. The molecule has 2 heterocycles. The summed E-state index contributed by atoms with van der Waals surface area (Å²) in [6, 6.07) is 0.765. The molecule has 84 valence electrons. The summed E-state index contributed by atoms with van der Waals surface area (Å²) in [6.45, 7) is 3.87. The largest absolute Gasteiger partial charge is 0.453 e. The van der Waals surface area contributed by atoms with Crippen molar-refractivity contribution in [1.29, 1.82) is 0 Å². The van der Waals surface area contributed by atoms with Crippen LogP contribution in [0.3, 0.4) is 0 Å². The molecule has 0 aromatic rings. The molecule has 0 saturated carbocycles. The normalized spacial score (nSPS) is 34.7. The maximum Gasteiger partial charge on any atom is 0.409 e. The quantitative estimate of drug-likeness (QED) is 0.621. The highest BCUT2D eigenvalue weighted by atomic mass is 16.5. The van der Waals surface area contributed by atoms with Crippen LogP contribution in [-0.4, -0.2) is 30.2 Å². The highest BCUT2D eigenvalue weighted by molar-refractivity contribution is 5.68. The molecule has 0 spiro atoms. The van der Waals surface area contributed by atoms with Crippen LogP contribution < -0.4 is 0 Å². The number of nitrogens with zero attached hydrogens (tertiary/aromatic N) is 1. The Morgan fingerprint density at radius 2 is 2.00 bits per heavy atom. The number of allylic oxidation sites excluding steroid dienone is 1. The van der Waals surface area contributed by atoms with Crippen LogP contribution in [0.2, 0.25) is 0 Å². The molecule has 15 heavy (non-hydrogen) atoms. The molecule has 1 unspecified atom stereocenters. The molecule has 3 atom stereocenters. The van der Waals surface area contributed by atoms with E-state index in [1.54, 1.807) is 0 Å². The number of piperidine rings is 2. The summed E-state index contributed by atoms with van der Waals surface area (Å²) in [7, 11) is 1.47. The Bertz CT molecular complexity index is 250. The first-order valence-electron chi connectivity index (χ1n) is 5.75. The van der Waals surface area contributed by atoms with Crippen molar-refractivity contribution in [1.82, 2.24) is 4.90 Å². The smallest absolute Gasteiger partial charge is 0.409 e. The molecule has 2 saturated heterocycles.